The lowest BCUT2D eigenvalue weighted by Gasteiger charge is -2.22. The molecule has 1 heterocycles. The highest BCUT2D eigenvalue weighted by atomic mass is 16.4. The van der Waals surface area contributed by atoms with Crippen molar-refractivity contribution in [1.82, 2.24) is 4.98 Å². The van der Waals surface area contributed by atoms with Crippen molar-refractivity contribution in [3.05, 3.63) is 36.0 Å². The van der Waals surface area contributed by atoms with Gasteiger partial charge < -0.3 is 10.0 Å². The van der Waals surface area contributed by atoms with Crippen molar-refractivity contribution in [3.8, 4) is 0 Å². The lowest BCUT2D eigenvalue weighted by molar-refractivity contribution is 0.0696. The van der Waals surface area contributed by atoms with Crippen molar-refractivity contribution in [3.63, 3.8) is 0 Å². The fourth-order valence-electron chi connectivity index (χ4n) is 1.97. The molecule has 0 radical (unpaired) electrons. The Balaban J connectivity index is 3.14. The number of carbonyl (C=O) groups is 1. The van der Waals surface area contributed by atoms with E-state index in [-0.39, 0.29) is 0 Å². The van der Waals surface area contributed by atoms with E-state index in [9.17, 15) is 9.90 Å². The van der Waals surface area contributed by atoms with Gasteiger partial charge >= 0.3 is 5.97 Å². The molecule has 0 aliphatic heterocycles. The first kappa shape index (κ1) is 15.2. The summed E-state index contributed by atoms with van der Waals surface area (Å²) < 4.78 is 0. The Morgan fingerprint density at radius 1 is 1.42 bits per heavy atom. The molecule has 1 aromatic heterocycles. The van der Waals surface area contributed by atoms with Gasteiger partial charge in [0.15, 0.2) is 0 Å². The minimum Gasteiger partial charge on any atom is -0.478 e. The topological polar surface area (TPSA) is 53.4 Å². The lowest BCUT2D eigenvalue weighted by atomic mass is 10.1. The summed E-state index contributed by atoms with van der Waals surface area (Å²) in [4.78, 5) is 17.8. The average Bonchev–Trinajstić information content (AvgIpc) is 2.38. The van der Waals surface area contributed by atoms with E-state index in [0.29, 0.717) is 12.1 Å². The van der Waals surface area contributed by atoms with E-state index in [1.807, 2.05) is 6.08 Å². The van der Waals surface area contributed by atoms with Gasteiger partial charge in [0.2, 0.25) is 0 Å². The van der Waals surface area contributed by atoms with Gasteiger partial charge in [0.25, 0.3) is 0 Å². The third-order valence-corrected chi connectivity index (χ3v) is 2.78. The molecule has 4 nitrogen and oxygen atoms in total. The number of aryl methyl sites for hydroxylation is 1. The van der Waals surface area contributed by atoms with Crippen LogP contribution in [0.4, 0.5) is 5.82 Å². The second-order valence-corrected chi connectivity index (χ2v) is 4.50. The first-order chi connectivity index (χ1) is 9.12. The molecule has 0 unspecified atom stereocenters. The smallest absolute Gasteiger partial charge is 0.335 e. The van der Waals surface area contributed by atoms with Crippen LogP contribution in [0.1, 0.15) is 42.7 Å². The molecular formula is C15H22N2O2. The van der Waals surface area contributed by atoms with Gasteiger partial charge in [0.05, 0.1) is 5.56 Å². The maximum atomic E-state index is 11.2. The van der Waals surface area contributed by atoms with Gasteiger partial charge in [-0.15, -0.1) is 6.58 Å². The second-order valence-electron chi connectivity index (χ2n) is 4.50. The summed E-state index contributed by atoms with van der Waals surface area (Å²) in [6, 6.07) is 3.30. The summed E-state index contributed by atoms with van der Waals surface area (Å²) in [5, 5.41) is 9.18. The average molecular weight is 262 g/mol. The molecule has 4 heteroatoms. The fraction of sp³-hybridized carbons (Fsp3) is 0.467. The Hall–Kier alpha value is -1.84. The normalized spacial score (nSPS) is 10.2. The molecule has 1 aromatic rings. The Morgan fingerprint density at radius 2 is 2.16 bits per heavy atom. The number of aromatic carboxylic acids is 1. The molecule has 0 saturated carbocycles. The van der Waals surface area contributed by atoms with Crippen molar-refractivity contribution >= 4 is 11.8 Å². The van der Waals surface area contributed by atoms with Crippen molar-refractivity contribution in [1.29, 1.82) is 0 Å². The Kier molecular flexibility index (Phi) is 6.06. The number of anilines is 1. The monoisotopic (exact) mass is 262 g/mol. The molecule has 0 fully saturated rings. The molecule has 1 N–H and O–H groups in total. The fourth-order valence-corrected chi connectivity index (χ4v) is 1.97. The molecule has 0 bridgehead atoms. The van der Waals surface area contributed by atoms with Crippen LogP contribution in [0.15, 0.2) is 24.8 Å². The number of nitrogens with zero attached hydrogens (tertiary/aromatic N) is 2. The van der Waals surface area contributed by atoms with Crippen LogP contribution in [0.2, 0.25) is 0 Å². The van der Waals surface area contributed by atoms with Crippen molar-refractivity contribution in [2.45, 2.75) is 33.1 Å². The first-order valence-corrected chi connectivity index (χ1v) is 6.72. The zero-order valence-corrected chi connectivity index (χ0v) is 11.7. The molecule has 19 heavy (non-hydrogen) atoms. The van der Waals surface area contributed by atoms with Crippen molar-refractivity contribution in [2.24, 2.45) is 0 Å². The SMILES string of the molecule is C=CCN(CCC)c1cc(C(=O)O)cc(CCC)n1. The molecule has 0 aliphatic rings. The lowest BCUT2D eigenvalue weighted by Crippen LogP contribution is -2.25. The van der Waals surface area contributed by atoms with E-state index in [4.69, 9.17) is 0 Å². The zero-order chi connectivity index (χ0) is 14.3. The zero-order valence-electron chi connectivity index (χ0n) is 11.7. The summed E-state index contributed by atoms with van der Waals surface area (Å²) in [6.07, 6.45) is 4.53. The van der Waals surface area contributed by atoms with Crippen LogP contribution in [0.5, 0.6) is 0 Å². The van der Waals surface area contributed by atoms with Crippen molar-refractivity contribution < 1.29 is 9.90 Å². The maximum Gasteiger partial charge on any atom is 0.335 e. The maximum absolute atomic E-state index is 11.2. The van der Waals surface area contributed by atoms with Gasteiger partial charge in [0, 0.05) is 18.8 Å². The molecule has 0 aromatic carbocycles. The predicted octanol–water partition coefficient (Wildman–Crippen LogP) is 3.13. The number of carboxylic acid groups (broad SMARTS) is 1. The minimum absolute atomic E-state index is 0.304. The molecule has 0 saturated heterocycles. The van der Waals surface area contributed by atoms with Crippen LogP contribution in [0.25, 0.3) is 0 Å². The Labute approximate surface area is 114 Å². The van der Waals surface area contributed by atoms with E-state index in [1.165, 1.54) is 0 Å². The Bertz CT molecular complexity index is 444. The molecule has 0 spiro atoms. The van der Waals surface area contributed by atoms with Crippen LogP contribution >= 0.6 is 0 Å². The largest absolute Gasteiger partial charge is 0.478 e. The summed E-state index contributed by atoms with van der Waals surface area (Å²) in [5.74, 6) is -0.179. The number of hydrogen-bond donors (Lipinski definition) is 1. The molecule has 0 atom stereocenters. The van der Waals surface area contributed by atoms with Gasteiger partial charge in [-0.05, 0) is 25.0 Å². The number of aromatic nitrogens is 1. The summed E-state index contributed by atoms with van der Waals surface area (Å²) in [7, 11) is 0. The van der Waals surface area contributed by atoms with Crippen LogP contribution in [-0.4, -0.2) is 29.1 Å². The van der Waals surface area contributed by atoms with Gasteiger partial charge in [-0.1, -0.05) is 26.3 Å². The highest BCUT2D eigenvalue weighted by Gasteiger charge is 2.12. The quantitative estimate of drug-likeness (QED) is 0.731. The van der Waals surface area contributed by atoms with Crippen LogP contribution in [0.3, 0.4) is 0 Å². The molecule has 1 rings (SSSR count). The first-order valence-electron chi connectivity index (χ1n) is 6.72. The number of carboxylic acids is 1. The van der Waals surface area contributed by atoms with E-state index in [2.05, 4.69) is 30.3 Å². The molecule has 0 amide bonds. The van der Waals surface area contributed by atoms with Gasteiger partial charge in [-0.2, -0.15) is 0 Å². The van der Waals surface area contributed by atoms with E-state index in [0.717, 1.165) is 37.3 Å². The van der Waals surface area contributed by atoms with Crippen LogP contribution in [0, 0.1) is 0 Å². The van der Waals surface area contributed by atoms with Crippen molar-refractivity contribution in [2.75, 3.05) is 18.0 Å². The van der Waals surface area contributed by atoms with E-state index < -0.39 is 5.97 Å². The number of pyridine rings is 1. The predicted molar refractivity (Wildman–Crippen MR) is 77.9 cm³/mol. The second kappa shape index (κ2) is 7.56. The standard InChI is InChI=1S/C15H22N2O2/c1-4-7-13-10-12(15(18)19)11-14(16-13)17(8-5-2)9-6-3/h5,10-11H,2,4,6-9H2,1,3H3,(H,18,19). The number of rotatable bonds is 8. The number of hydrogen-bond acceptors (Lipinski definition) is 3. The van der Waals surface area contributed by atoms with Crippen LogP contribution < -0.4 is 4.90 Å². The summed E-state index contributed by atoms with van der Waals surface area (Å²) >= 11 is 0. The highest BCUT2D eigenvalue weighted by Crippen LogP contribution is 2.17. The molecule has 0 aliphatic carbocycles. The summed E-state index contributed by atoms with van der Waals surface area (Å²) in [6.45, 7) is 9.40. The molecule has 104 valence electrons. The van der Waals surface area contributed by atoms with E-state index >= 15 is 0 Å². The Morgan fingerprint density at radius 3 is 2.68 bits per heavy atom. The van der Waals surface area contributed by atoms with Gasteiger partial charge in [-0.3, -0.25) is 0 Å². The molecular weight excluding hydrogens is 240 g/mol. The summed E-state index contributed by atoms with van der Waals surface area (Å²) in [5.41, 5.74) is 1.14. The minimum atomic E-state index is -0.906. The highest BCUT2D eigenvalue weighted by molar-refractivity contribution is 5.88. The third kappa shape index (κ3) is 4.39. The van der Waals surface area contributed by atoms with E-state index in [1.54, 1.807) is 12.1 Å². The third-order valence-electron chi connectivity index (χ3n) is 2.78. The van der Waals surface area contributed by atoms with Crippen LogP contribution in [-0.2, 0) is 6.42 Å². The van der Waals surface area contributed by atoms with Gasteiger partial charge in [-0.25, -0.2) is 9.78 Å². The van der Waals surface area contributed by atoms with Gasteiger partial charge in [0.1, 0.15) is 5.82 Å².